The van der Waals surface area contributed by atoms with Gasteiger partial charge in [-0.25, -0.2) is 0 Å². The lowest BCUT2D eigenvalue weighted by atomic mass is 9.94. The van der Waals surface area contributed by atoms with Crippen molar-refractivity contribution in [2.75, 3.05) is 7.11 Å². The topological polar surface area (TPSA) is 26.3 Å². The number of methoxy groups -OCH3 is 1. The highest BCUT2D eigenvalue weighted by atomic mass is 19.4. The van der Waals surface area contributed by atoms with Crippen molar-refractivity contribution in [3.8, 4) is 5.75 Å². The molecule has 0 aliphatic rings. The summed E-state index contributed by atoms with van der Waals surface area (Å²) in [6.07, 6.45) is -12.5. The van der Waals surface area contributed by atoms with Gasteiger partial charge in [-0.3, -0.25) is 4.79 Å². The van der Waals surface area contributed by atoms with E-state index in [1.807, 2.05) is 0 Å². The highest BCUT2D eigenvalue weighted by molar-refractivity contribution is 6.04. The van der Waals surface area contributed by atoms with Gasteiger partial charge in [0.25, 0.3) is 0 Å². The number of Topliss-reactive ketones (excluding diaryl/α,β-unsaturated/α-hetero) is 1. The van der Waals surface area contributed by atoms with Crippen LogP contribution >= 0.6 is 0 Å². The van der Waals surface area contributed by atoms with E-state index in [0.29, 0.717) is 7.11 Å². The van der Waals surface area contributed by atoms with Gasteiger partial charge in [0.15, 0.2) is 0 Å². The van der Waals surface area contributed by atoms with Crippen LogP contribution in [0.1, 0.15) is 15.9 Å². The molecule has 0 radical (unpaired) electrons. The first kappa shape index (κ1) is 22.9. The zero-order valence-corrected chi connectivity index (χ0v) is 12.6. The second-order valence-corrected chi connectivity index (χ2v) is 4.96. The number of ether oxygens (including phenoxy) is 1. The van der Waals surface area contributed by atoms with Crippen LogP contribution in [0.5, 0.6) is 5.75 Å². The van der Waals surface area contributed by atoms with Crippen molar-refractivity contribution in [1.29, 1.82) is 0 Å². The number of hydrogen-bond acceptors (Lipinski definition) is 2. The minimum absolute atomic E-state index is 0.177. The molecule has 0 saturated heterocycles. The van der Waals surface area contributed by atoms with E-state index in [9.17, 15) is 57.5 Å². The maximum absolute atomic E-state index is 13.6. The molecular formula is C13H6F12O2. The van der Waals surface area contributed by atoms with E-state index in [4.69, 9.17) is 0 Å². The summed E-state index contributed by atoms with van der Waals surface area (Å²) >= 11 is 0. The molecule has 0 heterocycles. The number of hydrogen-bond donors (Lipinski definition) is 0. The smallest absolute Gasteiger partial charge is 0.460 e. The van der Waals surface area contributed by atoms with Crippen LogP contribution < -0.4 is 4.74 Å². The van der Waals surface area contributed by atoms with Crippen molar-refractivity contribution in [2.24, 2.45) is 0 Å². The van der Waals surface area contributed by atoms with Crippen molar-refractivity contribution in [1.82, 2.24) is 0 Å². The molecule has 0 N–H and O–H groups in total. The van der Waals surface area contributed by atoms with Gasteiger partial charge in [0.2, 0.25) is 5.78 Å². The first-order valence-corrected chi connectivity index (χ1v) is 6.32. The third-order valence-corrected chi connectivity index (χ3v) is 3.20. The molecule has 27 heavy (non-hydrogen) atoms. The lowest BCUT2D eigenvalue weighted by Gasteiger charge is -2.33. The third-order valence-electron chi connectivity index (χ3n) is 3.20. The van der Waals surface area contributed by atoms with Gasteiger partial charge >= 0.3 is 30.1 Å². The Morgan fingerprint density at radius 3 is 1.67 bits per heavy atom. The molecule has 0 spiro atoms. The molecule has 0 amide bonds. The fourth-order valence-electron chi connectivity index (χ4n) is 1.75. The van der Waals surface area contributed by atoms with Crippen LogP contribution in [0.2, 0.25) is 0 Å². The molecular weight excluding hydrogens is 416 g/mol. The first-order valence-electron chi connectivity index (χ1n) is 6.32. The Kier molecular flexibility index (Phi) is 5.49. The van der Waals surface area contributed by atoms with E-state index in [1.165, 1.54) is 0 Å². The van der Waals surface area contributed by atoms with Crippen LogP contribution in [0.15, 0.2) is 18.2 Å². The zero-order chi connectivity index (χ0) is 21.6. The number of carbonyl (C=O) groups excluding carboxylic acids is 1. The lowest BCUT2D eigenvalue weighted by Crippen LogP contribution is -2.63. The number of rotatable bonds is 5. The number of benzene rings is 1. The number of halogens is 12. The summed E-state index contributed by atoms with van der Waals surface area (Å²) < 4.78 is 158. The molecule has 2 nitrogen and oxygen atoms in total. The molecule has 0 saturated carbocycles. The summed E-state index contributed by atoms with van der Waals surface area (Å²) in [5.41, 5.74) is -3.80. The van der Waals surface area contributed by atoms with Crippen molar-refractivity contribution >= 4 is 5.78 Å². The van der Waals surface area contributed by atoms with E-state index < -0.39 is 58.8 Å². The Labute approximate surface area is 141 Å². The summed E-state index contributed by atoms with van der Waals surface area (Å²) in [6, 6.07) is -0.0285. The van der Waals surface area contributed by atoms with Crippen molar-refractivity contribution in [3.63, 3.8) is 0 Å². The minimum atomic E-state index is -7.37. The van der Waals surface area contributed by atoms with Gasteiger partial charge in [0, 0.05) is 0 Å². The average Bonchev–Trinajstić information content (AvgIpc) is 2.51. The molecule has 0 unspecified atom stereocenters. The Morgan fingerprint density at radius 2 is 1.30 bits per heavy atom. The van der Waals surface area contributed by atoms with Crippen LogP contribution in [0.3, 0.4) is 0 Å². The van der Waals surface area contributed by atoms with E-state index in [-0.39, 0.29) is 12.1 Å². The van der Waals surface area contributed by atoms with Gasteiger partial charge in [-0.15, -0.1) is 0 Å². The van der Waals surface area contributed by atoms with Crippen molar-refractivity contribution in [3.05, 3.63) is 29.3 Å². The number of ketones is 1. The molecule has 0 aromatic heterocycles. The van der Waals surface area contributed by atoms with Crippen LogP contribution in [0.4, 0.5) is 52.7 Å². The van der Waals surface area contributed by atoms with Gasteiger partial charge in [-0.1, -0.05) is 0 Å². The Morgan fingerprint density at radius 1 is 0.815 bits per heavy atom. The molecule has 0 bridgehead atoms. The minimum Gasteiger partial charge on any atom is -0.496 e. The van der Waals surface area contributed by atoms with Gasteiger partial charge in [0.05, 0.1) is 18.2 Å². The van der Waals surface area contributed by atoms with Crippen LogP contribution in [0.25, 0.3) is 0 Å². The first-order chi connectivity index (χ1) is 11.8. The fourth-order valence-corrected chi connectivity index (χ4v) is 1.75. The van der Waals surface area contributed by atoms with E-state index in [2.05, 4.69) is 4.74 Å². The van der Waals surface area contributed by atoms with E-state index in [1.54, 1.807) is 0 Å². The van der Waals surface area contributed by atoms with E-state index in [0.717, 1.165) is 0 Å². The summed E-state index contributed by atoms with van der Waals surface area (Å²) in [4.78, 5) is 11.6. The number of alkyl halides is 12. The van der Waals surface area contributed by atoms with Crippen molar-refractivity contribution < 1.29 is 62.2 Å². The third kappa shape index (κ3) is 3.65. The molecule has 0 fully saturated rings. The number of carbonyl (C=O) groups is 1. The molecule has 1 aromatic carbocycles. The summed E-state index contributed by atoms with van der Waals surface area (Å²) in [5, 5.41) is 0. The largest absolute Gasteiger partial charge is 0.496 e. The fraction of sp³-hybridized carbons (Fsp3) is 0.462. The molecule has 0 atom stereocenters. The van der Waals surface area contributed by atoms with Crippen LogP contribution in [-0.4, -0.2) is 36.8 Å². The second kappa shape index (κ2) is 6.48. The summed E-state index contributed by atoms with van der Waals surface area (Å²) in [5.74, 6) is -26.0. The van der Waals surface area contributed by atoms with Crippen LogP contribution in [-0.2, 0) is 6.18 Å². The highest BCUT2D eigenvalue weighted by Crippen LogP contribution is 2.54. The van der Waals surface area contributed by atoms with Crippen molar-refractivity contribution in [2.45, 2.75) is 30.1 Å². The second-order valence-electron chi connectivity index (χ2n) is 4.96. The Hall–Kier alpha value is -2.15. The average molecular weight is 422 g/mol. The van der Waals surface area contributed by atoms with Gasteiger partial charge in [-0.05, 0) is 18.2 Å². The quantitative estimate of drug-likeness (QED) is 0.472. The standard InChI is InChI=1S/C13H6F12O2/c1-27-7-3-2-5(10(16,17)18)4-6(7)8(26)9(14,15)11(19,20)12(21,22)13(23,24)25/h2-4H,1H3. The highest BCUT2D eigenvalue weighted by Gasteiger charge is 2.83. The predicted molar refractivity (Wildman–Crippen MR) is 63.2 cm³/mol. The molecule has 1 rings (SSSR count). The Bertz CT molecular complexity index is 717. The summed E-state index contributed by atoms with van der Waals surface area (Å²) in [6.45, 7) is 0. The van der Waals surface area contributed by atoms with Gasteiger partial charge in [-0.2, -0.15) is 52.7 Å². The molecule has 14 heteroatoms. The SMILES string of the molecule is COc1ccc(C(F)(F)F)cc1C(=O)C(F)(F)C(F)(F)C(F)(F)C(F)(F)F. The van der Waals surface area contributed by atoms with Gasteiger partial charge < -0.3 is 4.74 Å². The van der Waals surface area contributed by atoms with Gasteiger partial charge in [0.1, 0.15) is 5.75 Å². The maximum atomic E-state index is 13.6. The maximum Gasteiger partial charge on any atom is 0.460 e. The molecule has 154 valence electrons. The predicted octanol–water partition coefficient (Wildman–Crippen LogP) is 5.36. The van der Waals surface area contributed by atoms with Crippen LogP contribution in [0, 0.1) is 0 Å². The molecule has 0 aliphatic heterocycles. The normalized spacial score (nSPS) is 14.3. The monoisotopic (exact) mass is 422 g/mol. The lowest BCUT2D eigenvalue weighted by molar-refractivity contribution is -0.386. The molecule has 1 aromatic rings. The molecule has 0 aliphatic carbocycles. The summed E-state index contributed by atoms with van der Waals surface area (Å²) in [7, 11) is 0.597. The Balaban J connectivity index is 3.59. The zero-order valence-electron chi connectivity index (χ0n) is 12.6. The van der Waals surface area contributed by atoms with E-state index >= 15 is 0 Å².